The molecule has 0 aromatic carbocycles. The van der Waals surface area contributed by atoms with Gasteiger partial charge in [0, 0.05) is 6.61 Å². The van der Waals surface area contributed by atoms with Gasteiger partial charge in [-0.1, -0.05) is 38.3 Å². The van der Waals surface area contributed by atoms with E-state index in [4.69, 9.17) is 14.6 Å². The summed E-state index contributed by atoms with van der Waals surface area (Å²) >= 11 is 0. The molecule has 1 fully saturated rings. The van der Waals surface area contributed by atoms with Crippen molar-refractivity contribution in [2.24, 2.45) is 0 Å². The summed E-state index contributed by atoms with van der Waals surface area (Å²) in [6.07, 6.45) is 9.19. The first-order chi connectivity index (χ1) is 10.7. The molecule has 1 rings (SSSR count). The van der Waals surface area contributed by atoms with Crippen LogP contribution in [0.1, 0.15) is 51.9 Å². The summed E-state index contributed by atoms with van der Waals surface area (Å²) in [6, 6.07) is 0. The molecule has 1 heterocycles. The van der Waals surface area contributed by atoms with E-state index in [2.05, 4.69) is 19.1 Å². The van der Waals surface area contributed by atoms with E-state index in [9.17, 15) is 10.2 Å². The number of aliphatic hydroxyl groups is 3. The van der Waals surface area contributed by atoms with Crippen LogP contribution < -0.4 is 0 Å². The minimum absolute atomic E-state index is 0.215. The van der Waals surface area contributed by atoms with Gasteiger partial charge in [-0.25, -0.2) is 0 Å². The van der Waals surface area contributed by atoms with E-state index in [-0.39, 0.29) is 13.2 Å². The summed E-state index contributed by atoms with van der Waals surface area (Å²) in [5.41, 5.74) is 0. The van der Waals surface area contributed by atoms with Gasteiger partial charge in [-0.3, -0.25) is 0 Å². The van der Waals surface area contributed by atoms with Crippen LogP contribution in [0.4, 0.5) is 0 Å². The predicted molar refractivity (Wildman–Crippen MR) is 85.7 cm³/mol. The highest BCUT2D eigenvalue weighted by atomic mass is 16.6. The van der Waals surface area contributed by atoms with E-state index in [0.29, 0.717) is 6.61 Å². The fourth-order valence-electron chi connectivity index (χ4n) is 2.58. The largest absolute Gasteiger partial charge is 0.394 e. The number of hydrogen-bond donors (Lipinski definition) is 3. The molecule has 0 amide bonds. The summed E-state index contributed by atoms with van der Waals surface area (Å²) in [6.45, 7) is 2.64. The molecule has 0 bridgehead atoms. The van der Waals surface area contributed by atoms with Crippen molar-refractivity contribution >= 4 is 0 Å². The van der Waals surface area contributed by atoms with Crippen molar-refractivity contribution in [2.75, 3.05) is 19.8 Å². The summed E-state index contributed by atoms with van der Waals surface area (Å²) in [5, 5.41) is 28.6. The molecule has 0 saturated carbocycles. The summed E-state index contributed by atoms with van der Waals surface area (Å²) in [5.74, 6) is 0. The molecule has 22 heavy (non-hydrogen) atoms. The minimum Gasteiger partial charge on any atom is -0.394 e. The predicted octanol–water partition coefficient (Wildman–Crippen LogP) is 1.79. The highest BCUT2D eigenvalue weighted by molar-refractivity contribution is 4.87. The van der Waals surface area contributed by atoms with Gasteiger partial charge in [0.25, 0.3) is 0 Å². The highest BCUT2D eigenvalue weighted by Crippen LogP contribution is 2.18. The number of ether oxygens (including phenoxy) is 2. The van der Waals surface area contributed by atoms with Crippen LogP contribution in [0.3, 0.4) is 0 Å². The monoisotopic (exact) mass is 316 g/mol. The van der Waals surface area contributed by atoms with E-state index in [1.165, 1.54) is 25.7 Å². The molecule has 1 aliphatic heterocycles. The number of unbranched alkanes of at least 4 members (excludes halogenated alkanes) is 5. The fourth-order valence-corrected chi connectivity index (χ4v) is 2.58. The van der Waals surface area contributed by atoms with Crippen LogP contribution in [-0.2, 0) is 9.47 Å². The number of rotatable bonds is 11. The Morgan fingerprint density at radius 3 is 2.50 bits per heavy atom. The first-order valence-corrected chi connectivity index (χ1v) is 8.55. The maximum absolute atomic E-state index is 9.91. The zero-order valence-corrected chi connectivity index (χ0v) is 13.7. The second-order valence-electron chi connectivity index (χ2n) is 5.88. The molecule has 3 N–H and O–H groups in total. The summed E-state index contributed by atoms with van der Waals surface area (Å²) in [4.78, 5) is 0. The van der Waals surface area contributed by atoms with E-state index >= 15 is 0 Å². The van der Waals surface area contributed by atoms with Gasteiger partial charge in [-0.15, -0.1) is 0 Å². The van der Waals surface area contributed by atoms with Crippen molar-refractivity contribution in [2.45, 2.75) is 76.3 Å². The molecule has 0 aromatic heterocycles. The third kappa shape index (κ3) is 7.20. The molecular formula is C17H32O5. The Morgan fingerprint density at radius 2 is 1.77 bits per heavy atom. The Labute approximate surface area is 133 Å². The van der Waals surface area contributed by atoms with Crippen molar-refractivity contribution in [3.05, 3.63) is 12.2 Å². The molecule has 5 heteroatoms. The highest BCUT2D eigenvalue weighted by Gasteiger charge is 2.38. The molecule has 0 aromatic rings. The van der Waals surface area contributed by atoms with Crippen LogP contribution in [0.25, 0.3) is 0 Å². The van der Waals surface area contributed by atoms with Gasteiger partial charge < -0.3 is 24.8 Å². The molecule has 0 aliphatic carbocycles. The standard InChI is InChI=1S/C17H32O5/c1-2-3-4-5-6-7-8-9-10-11-21-15-13-22-14(12-18)16(19)17(15)20/h3-4,14-20H,2,5-13H2,1H3/b4-3+/t14-,15+,16-,17-/m0/s1. The van der Waals surface area contributed by atoms with E-state index < -0.39 is 24.4 Å². The van der Waals surface area contributed by atoms with Crippen LogP contribution >= 0.6 is 0 Å². The average molecular weight is 316 g/mol. The topological polar surface area (TPSA) is 79.2 Å². The Bertz CT molecular complexity index is 295. The first kappa shape index (κ1) is 19.6. The van der Waals surface area contributed by atoms with Gasteiger partial charge in [0.15, 0.2) is 0 Å². The van der Waals surface area contributed by atoms with Crippen LogP contribution in [0.5, 0.6) is 0 Å². The van der Waals surface area contributed by atoms with E-state index in [1.807, 2.05) is 0 Å². The van der Waals surface area contributed by atoms with Crippen molar-refractivity contribution in [3.63, 3.8) is 0 Å². The van der Waals surface area contributed by atoms with E-state index in [0.717, 1.165) is 19.3 Å². The molecule has 130 valence electrons. The van der Waals surface area contributed by atoms with E-state index in [1.54, 1.807) is 0 Å². The molecule has 0 unspecified atom stereocenters. The van der Waals surface area contributed by atoms with Crippen LogP contribution in [0, 0.1) is 0 Å². The maximum atomic E-state index is 9.91. The quantitative estimate of drug-likeness (QED) is 0.400. The lowest BCUT2D eigenvalue weighted by molar-refractivity contribution is -0.208. The Morgan fingerprint density at radius 1 is 1.05 bits per heavy atom. The van der Waals surface area contributed by atoms with Crippen LogP contribution in [0.2, 0.25) is 0 Å². The Hall–Kier alpha value is -0.460. The summed E-state index contributed by atoms with van der Waals surface area (Å²) < 4.78 is 10.9. The lowest BCUT2D eigenvalue weighted by Gasteiger charge is -2.36. The maximum Gasteiger partial charge on any atom is 0.111 e. The van der Waals surface area contributed by atoms with Crippen LogP contribution in [0.15, 0.2) is 12.2 Å². The van der Waals surface area contributed by atoms with Gasteiger partial charge in [0.05, 0.1) is 13.2 Å². The van der Waals surface area contributed by atoms with Gasteiger partial charge in [0.2, 0.25) is 0 Å². The number of aliphatic hydroxyl groups excluding tert-OH is 3. The Kier molecular flexibility index (Phi) is 10.7. The van der Waals surface area contributed by atoms with Gasteiger partial charge in [-0.05, 0) is 25.7 Å². The van der Waals surface area contributed by atoms with Gasteiger partial charge in [-0.2, -0.15) is 0 Å². The van der Waals surface area contributed by atoms with Crippen molar-refractivity contribution in [3.8, 4) is 0 Å². The summed E-state index contributed by atoms with van der Waals surface area (Å²) in [7, 11) is 0. The lowest BCUT2D eigenvalue weighted by Crippen LogP contribution is -2.55. The minimum atomic E-state index is -1.08. The lowest BCUT2D eigenvalue weighted by atomic mass is 10.0. The van der Waals surface area contributed by atoms with Crippen molar-refractivity contribution in [1.29, 1.82) is 0 Å². The number of hydrogen-bond acceptors (Lipinski definition) is 5. The van der Waals surface area contributed by atoms with Crippen LogP contribution in [-0.4, -0.2) is 59.6 Å². The third-order valence-corrected chi connectivity index (χ3v) is 4.02. The molecule has 4 atom stereocenters. The molecule has 0 radical (unpaired) electrons. The second kappa shape index (κ2) is 12.0. The number of allylic oxidation sites excluding steroid dienone is 2. The van der Waals surface area contributed by atoms with Crippen molar-refractivity contribution < 1.29 is 24.8 Å². The average Bonchev–Trinajstić information content (AvgIpc) is 2.53. The second-order valence-corrected chi connectivity index (χ2v) is 5.88. The van der Waals surface area contributed by atoms with Crippen molar-refractivity contribution in [1.82, 2.24) is 0 Å². The third-order valence-electron chi connectivity index (χ3n) is 4.02. The fraction of sp³-hybridized carbons (Fsp3) is 0.882. The zero-order chi connectivity index (χ0) is 16.2. The zero-order valence-electron chi connectivity index (χ0n) is 13.7. The molecule has 5 nitrogen and oxygen atoms in total. The molecule has 0 spiro atoms. The van der Waals surface area contributed by atoms with Gasteiger partial charge in [0.1, 0.15) is 24.4 Å². The van der Waals surface area contributed by atoms with Gasteiger partial charge >= 0.3 is 0 Å². The molecule has 1 saturated heterocycles. The SMILES string of the molecule is CC/C=C/CCCCCCCO[C@@H]1CO[C@@H](CO)[C@H](O)[C@H]1O. The normalized spacial score (nSPS) is 29.3. The first-order valence-electron chi connectivity index (χ1n) is 8.55. The molecular weight excluding hydrogens is 284 g/mol. The Balaban J connectivity index is 2.00. The molecule has 1 aliphatic rings. The smallest absolute Gasteiger partial charge is 0.111 e.